The average Bonchev–Trinajstić information content (AvgIpc) is 3.98. The Bertz CT molecular complexity index is 3470. The maximum absolute atomic E-state index is 9.52. The van der Waals surface area contributed by atoms with Crippen LogP contribution >= 0.6 is 15.9 Å². The largest absolute Gasteiger partial charge is 0.488 e. The van der Waals surface area contributed by atoms with E-state index in [2.05, 4.69) is 94.8 Å². The van der Waals surface area contributed by atoms with Crippen LogP contribution in [0.25, 0.3) is 110 Å². The predicted molar refractivity (Wildman–Crippen MR) is 244 cm³/mol. The van der Waals surface area contributed by atoms with Gasteiger partial charge in [-0.3, -0.25) is 0 Å². The third-order valence-electron chi connectivity index (χ3n) is 10.6. The molecule has 4 heterocycles. The van der Waals surface area contributed by atoms with Gasteiger partial charge in [0, 0.05) is 59.7 Å². The molecule has 0 radical (unpaired) electrons. The Kier molecular flexibility index (Phi) is 9.21. The van der Waals surface area contributed by atoms with Crippen molar-refractivity contribution in [3.05, 3.63) is 162 Å². The van der Waals surface area contributed by atoms with E-state index in [0.717, 1.165) is 92.2 Å². The highest BCUT2D eigenvalue weighted by Gasteiger charge is 2.18. The summed E-state index contributed by atoms with van der Waals surface area (Å²) in [5.41, 5.74) is 11.6. The van der Waals surface area contributed by atoms with Crippen molar-refractivity contribution in [1.29, 1.82) is 0 Å². The Morgan fingerprint density at radius 3 is 1.12 bits per heavy atom. The Hall–Kier alpha value is -6.58. The fraction of sp³-hybridized carbons (Fsp3) is 0.0400. The second kappa shape index (κ2) is 14.4. The fourth-order valence-corrected chi connectivity index (χ4v) is 8.23. The first kappa shape index (κ1) is 37.0. The summed E-state index contributed by atoms with van der Waals surface area (Å²) in [6.07, 6.45) is 0. The minimum absolute atomic E-state index is 0. The van der Waals surface area contributed by atoms with Gasteiger partial charge in [0.2, 0.25) is 0 Å². The molecule has 8 heteroatoms. The quantitative estimate of drug-likeness (QED) is 0.172. The minimum atomic E-state index is -1.52. The third-order valence-corrected chi connectivity index (χ3v) is 11.1. The van der Waals surface area contributed by atoms with Crippen molar-refractivity contribution in [2.75, 3.05) is 0 Å². The van der Waals surface area contributed by atoms with Gasteiger partial charge < -0.3 is 27.7 Å². The van der Waals surface area contributed by atoms with Gasteiger partial charge >= 0.3 is 7.12 Å². The van der Waals surface area contributed by atoms with Crippen molar-refractivity contribution < 1.29 is 27.7 Å². The molecule has 0 atom stereocenters. The molecule has 12 aromatic rings. The number of fused-ring (bicyclic) bond motifs is 12. The number of hydrogen-bond acceptors (Lipinski definition) is 6. The average molecular weight is 824 g/mol. The lowest BCUT2D eigenvalue weighted by Gasteiger charge is -2.01. The Labute approximate surface area is 341 Å². The molecule has 0 saturated heterocycles. The van der Waals surface area contributed by atoms with Crippen LogP contribution in [0.5, 0.6) is 0 Å². The first-order chi connectivity index (χ1) is 27.4. The number of halogens is 1. The summed E-state index contributed by atoms with van der Waals surface area (Å²) in [6.45, 7) is 0. The first-order valence-electron chi connectivity index (χ1n) is 18.2. The van der Waals surface area contributed by atoms with Gasteiger partial charge in [-0.25, -0.2) is 0 Å². The molecule has 0 bridgehead atoms. The maximum Gasteiger partial charge on any atom is 0.488 e. The van der Waals surface area contributed by atoms with Crippen LogP contribution in [0.3, 0.4) is 0 Å². The van der Waals surface area contributed by atoms with Gasteiger partial charge in [0.15, 0.2) is 0 Å². The molecule has 0 amide bonds. The molecule has 58 heavy (non-hydrogen) atoms. The lowest BCUT2D eigenvalue weighted by Crippen LogP contribution is -2.29. The molecule has 282 valence electrons. The number of furan rings is 4. The van der Waals surface area contributed by atoms with Crippen molar-refractivity contribution in [2.45, 2.75) is 14.9 Å². The van der Waals surface area contributed by atoms with E-state index < -0.39 is 7.12 Å². The first-order valence-corrected chi connectivity index (χ1v) is 19.0. The molecular weight excluding hydrogens is 787 g/mol. The van der Waals surface area contributed by atoms with Crippen molar-refractivity contribution >= 4 is 116 Å². The summed E-state index contributed by atoms with van der Waals surface area (Å²) >= 11 is 3.56. The molecule has 2 N–H and O–H groups in total. The molecule has 0 fully saturated rings. The third kappa shape index (κ3) is 6.14. The lowest BCUT2D eigenvalue weighted by molar-refractivity contribution is 0.426. The van der Waals surface area contributed by atoms with E-state index in [1.165, 1.54) is 11.1 Å². The van der Waals surface area contributed by atoms with E-state index >= 15 is 0 Å². The van der Waals surface area contributed by atoms with Crippen LogP contribution < -0.4 is 5.46 Å². The summed E-state index contributed by atoms with van der Waals surface area (Å²) in [6, 6.07) is 52.7. The van der Waals surface area contributed by atoms with Gasteiger partial charge in [-0.1, -0.05) is 116 Å². The summed E-state index contributed by atoms with van der Waals surface area (Å²) in [4.78, 5) is 0. The molecule has 0 unspecified atom stereocenters. The zero-order valence-electron chi connectivity index (χ0n) is 29.5. The minimum Gasteiger partial charge on any atom is -0.456 e. The van der Waals surface area contributed by atoms with E-state index in [0.29, 0.717) is 16.6 Å². The van der Waals surface area contributed by atoms with Crippen LogP contribution in [-0.4, -0.2) is 17.2 Å². The molecule has 0 saturated carbocycles. The van der Waals surface area contributed by atoms with Crippen LogP contribution in [-0.2, 0) is 0 Å². The summed E-state index contributed by atoms with van der Waals surface area (Å²) in [5, 5.41) is 27.3. The molecule has 0 spiro atoms. The van der Waals surface area contributed by atoms with Crippen LogP contribution in [0.2, 0.25) is 0 Å². The monoisotopic (exact) mass is 822 g/mol. The Balaban J connectivity index is 0.000000146. The van der Waals surface area contributed by atoms with E-state index in [1.54, 1.807) is 18.2 Å². The Morgan fingerprint density at radius 2 is 0.690 bits per heavy atom. The van der Waals surface area contributed by atoms with Gasteiger partial charge in [-0.15, -0.1) is 0 Å². The topological polar surface area (TPSA) is 93.0 Å². The highest BCUT2D eigenvalue weighted by molar-refractivity contribution is 9.10. The van der Waals surface area contributed by atoms with Crippen molar-refractivity contribution in [1.82, 2.24) is 0 Å². The second-order valence-electron chi connectivity index (χ2n) is 14.0. The van der Waals surface area contributed by atoms with Crippen LogP contribution in [0.4, 0.5) is 0 Å². The predicted octanol–water partition coefficient (Wildman–Crippen LogP) is 14.0. The number of rotatable bonds is 3. The standard InChI is InChI=1S/C24H15BO4.C24H13BrO2.2CH4/c26-25(27)16-7-9-22-18(11-16)20-12-19-17-10-15(14-4-2-1-3-5-14)6-8-21(17)28-23(19)13-24(20)29-22;25-16-7-9-22-18(11-16)20-12-19-17-10-15(14-4-2-1-3-5-14)6-8-21(17)26-23(19)13-24(20)27-22;;/h1-13,26-27H;1-13H;2*1H4. The molecule has 4 aromatic heterocycles. The van der Waals surface area contributed by atoms with Crippen molar-refractivity contribution in [3.63, 3.8) is 0 Å². The lowest BCUT2D eigenvalue weighted by atomic mass is 9.80. The van der Waals surface area contributed by atoms with E-state index in [4.69, 9.17) is 17.7 Å². The van der Waals surface area contributed by atoms with E-state index in [-0.39, 0.29) is 14.9 Å². The van der Waals surface area contributed by atoms with Crippen LogP contribution in [0.1, 0.15) is 14.9 Å². The van der Waals surface area contributed by atoms with Gasteiger partial charge in [0.05, 0.1) is 0 Å². The smallest absolute Gasteiger partial charge is 0.456 e. The maximum atomic E-state index is 9.52. The molecule has 6 nitrogen and oxygen atoms in total. The summed E-state index contributed by atoms with van der Waals surface area (Å²) in [7, 11) is -1.52. The molecular formula is C50H36BBrO6. The molecule has 0 aliphatic carbocycles. The number of benzene rings is 8. The van der Waals surface area contributed by atoms with Gasteiger partial charge in [0.25, 0.3) is 0 Å². The van der Waals surface area contributed by atoms with Gasteiger partial charge in [-0.2, -0.15) is 0 Å². The van der Waals surface area contributed by atoms with Gasteiger partial charge in [0.1, 0.15) is 44.7 Å². The molecule has 8 aromatic carbocycles. The number of hydrogen-bond donors (Lipinski definition) is 2. The summed E-state index contributed by atoms with van der Waals surface area (Å²) < 4.78 is 25.2. The zero-order chi connectivity index (χ0) is 37.5. The highest BCUT2D eigenvalue weighted by atomic mass is 79.9. The van der Waals surface area contributed by atoms with Gasteiger partial charge in [-0.05, 0) is 88.4 Å². The molecule has 0 aliphatic rings. The SMILES string of the molecule is Brc1ccc2oc3cc4oc5ccc(-c6ccccc6)cc5c4cc3c2c1.C.C.OB(O)c1ccc2oc3cc4oc5ccc(-c6ccccc6)cc5c4cc3c2c1. The molecule has 12 rings (SSSR count). The van der Waals surface area contributed by atoms with E-state index in [1.807, 2.05) is 60.7 Å². The van der Waals surface area contributed by atoms with Crippen molar-refractivity contribution in [2.24, 2.45) is 0 Å². The fourth-order valence-electron chi connectivity index (χ4n) is 7.86. The zero-order valence-corrected chi connectivity index (χ0v) is 31.1. The normalized spacial score (nSPS) is 11.4. The van der Waals surface area contributed by atoms with E-state index in [9.17, 15) is 10.0 Å². The second-order valence-corrected chi connectivity index (χ2v) is 14.9. The Morgan fingerprint density at radius 1 is 0.328 bits per heavy atom. The van der Waals surface area contributed by atoms with Crippen molar-refractivity contribution in [3.8, 4) is 22.3 Å². The molecule has 0 aliphatic heterocycles. The highest BCUT2D eigenvalue weighted by Crippen LogP contribution is 2.40. The van der Waals surface area contributed by atoms with Crippen LogP contribution in [0, 0.1) is 0 Å². The summed E-state index contributed by atoms with van der Waals surface area (Å²) in [5.74, 6) is 0. The van der Waals surface area contributed by atoms with Crippen LogP contribution in [0.15, 0.2) is 180 Å².